The fraction of sp³-hybridized carbons (Fsp3) is 0.379. The van der Waals surface area contributed by atoms with Crippen LogP contribution in [0, 0.1) is 23.7 Å². The smallest absolute Gasteiger partial charge is 0.159 e. The monoisotopic (exact) mass is 785 g/mol. The maximum atomic E-state index is 7.34. The average Bonchev–Trinajstić information content (AvgIpc) is 3.83. The third-order valence-corrected chi connectivity index (χ3v) is 16.5. The van der Waals surface area contributed by atoms with E-state index in [0.717, 1.165) is 28.7 Å². The van der Waals surface area contributed by atoms with Crippen LogP contribution in [0.1, 0.15) is 144 Å². The summed E-state index contributed by atoms with van der Waals surface area (Å²) in [6.45, 7) is 18.8. The van der Waals surface area contributed by atoms with E-state index in [1.54, 1.807) is 11.1 Å². The van der Waals surface area contributed by atoms with Gasteiger partial charge in [0.25, 0.3) is 0 Å². The topological polar surface area (TPSA) is 16.4 Å². The molecule has 4 fully saturated rings. The number of rotatable bonds is 6. The van der Waals surface area contributed by atoms with Crippen molar-refractivity contribution in [3.63, 3.8) is 0 Å². The first kappa shape index (κ1) is 36.7. The number of nitrogens with zero attached hydrogens (tertiary/aromatic N) is 1. The summed E-state index contributed by atoms with van der Waals surface area (Å²) >= 11 is 0. The highest BCUT2D eigenvalue weighted by atomic mass is 16.3. The van der Waals surface area contributed by atoms with Crippen molar-refractivity contribution in [1.29, 1.82) is 0 Å². The zero-order valence-corrected chi connectivity index (χ0v) is 36.8. The van der Waals surface area contributed by atoms with Crippen molar-refractivity contribution in [1.82, 2.24) is 0 Å². The van der Waals surface area contributed by atoms with Gasteiger partial charge >= 0.3 is 0 Å². The van der Waals surface area contributed by atoms with Crippen molar-refractivity contribution in [3.05, 3.63) is 148 Å². The van der Waals surface area contributed by atoms with E-state index in [2.05, 4.69) is 169 Å². The van der Waals surface area contributed by atoms with Gasteiger partial charge in [-0.15, -0.1) is 0 Å². The van der Waals surface area contributed by atoms with Gasteiger partial charge in [0, 0.05) is 33.0 Å². The molecule has 7 aromatic rings. The minimum atomic E-state index is -0.120. The summed E-state index contributed by atoms with van der Waals surface area (Å²) in [6, 6.07) is 43.2. The molecule has 13 rings (SSSR count). The highest BCUT2D eigenvalue weighted by molar-refractivity contribution is 6.12. The maximum absolute atomic E-state index is 7.34. The van der Waals surface area contributed by atoms with Gasteiger partial charge in [0.05, 0.1) is 5.69 Å². The summed E-state index contributed by atoms with van der Waals surface area (Å²) in [7, 11) is 0. The first-order chi connectivity index (χ1) is 28.9. The molecule has 0 unspecified atom stereocenters. The van der Waals surface area contributed by atoms with Gasteiger partial charge in [0.2, 0.25) is 0 Å². The van der Waals surface area contributed by atoms with Crippen molar-refractivity contribution in [2.75, 3.05) is 4.90 Å². The maximum Gasteiger partial charge on any atom is 0.159 e. The second kappa shape index (κ2) is 12.7. The van der Waals surface area contributed by atoms with E-state index < -0.39 is 0 Å². The normalized spacial score (nSPS) is 24.0. The molecule has 302 valence electrons. The lowest BCUT2D eigenvalue weighted by Gasteiger charge is -2.61. The zero-order chi connectivity index (χ0) is 41.0. The largest absolute Gasteiger partial charge is 0.454 e. The molecule has 1 heterocycles. The van der Waals surface area contributed by atoms with Gasteiger partial charge in [-0.05, 0) is 177 Å². The highest BCUT2D eigenvalue weighted by Gasteiger charge is 2.61. The second-order valence-corrected chi connectivity index (χ2v) is 21.2. The summed E-state index contributed by atoms with van der Waals surface area (Å²) in [6.07, 6.45) is 6.97. The van der Waals surface area contributed by atoms with Crippen LogP contribution < -0.4 is 4.90 Å². The summed E-state index contributed by atoms with van der Waals surface area (Å²) in [4.78, 5) is 2.60. The molecule has 60 heavy (non-hydrogen) atoms. The molecular formula is C58H59NO. The number of anilines is 3. The molecule has 2 heteroatoms. The summed E-state index contributed by atoms with van der Waals surface area (Å²) < 4.78 is 7.34. The predicted molar refractivity (Wildman–Crippen MR) is 251 cm³/mol. The fourth-order valence-corrected chi connectivity index (χ4v) is 13.8. The Morgan fingerprint density at radius 3 is 1.63 bits per heavy atom. The van der Waals surface area contributed by atoms with Gasteiger partial charge in [0.1, 0.15) is 5.58 Å². The minimum absolute atomic E-state index is 0.0798. The van der Waals surface area contributed by atoms with Gasteiger partial charge in [-0.1, -0.05) is 122 Å². The Morgan fingerprint density at radius 2 is 1.02 bits per heavy atom. The van der Waals surface area contributed by atoms with Crippen LogP contribution in [0.25, 0.3) is 44.2 Å². The summed E-state index contributed by atoms with van der Waals surface area (Å²) in [5.74, 6) is 4.32. The Hall–Kier alpha value is -5.08. The van der Waals surface area contributed by atoms with E-state index in [-0.39, 0.29) is 10.8 Å². The van der Waals surface area contributed by atoms with E-state index in [0.29, 0.717) is 29.6 Å². The second-order valence-electron chi connectivity index (χ2n) is 21.2. The van der Waals surface area contributed by atoms with E-state index in [4.69, 9.17) is 4.42 Å². The molecule has 0 amide bonds. The molecule has 0 saturated heterocycles. The first-order valence-corrected chi connectivity index (χ1v) is 23.3. The lowest BCUT2D eigenvalue weighted by Crippen LogP contribution is -2.55. The molecule has 0 atom stereocenters. The Labute approximate surface area is 357 Å². The van der Waals surface area contributed by atoms with E-state index in [9.17, 15) is 0 Å². The molecule has 0 aliphatic heterocycles. The van der Waals surface area contributed by atoms with Crippen molar-refractivity contribution >= 4 is 39.0 Å². The molecule has 4 saturated carbocycles. The van der Waals surface area contributed by atoms with Crippen LogP contribution in [-0.4, -0.2) is 0 Å². The molecular weight excluding hydrogens is 727 g/mol. The molecule has 0 N–H and O–H groups in total. The lowest BCUT2D eigenvalue weighted by atomic mass is 9.43. The van der Waals surface area contributed by atoms with Crippen LogP contribution in [0.4, 0.5) is 17.1 Å². The molecule has 2 nitrogen and oxygen atoms in total. The van der Waals surface area contributed by atoms with Crippen LogP contribution in [0.5, 0.6) is 0 Å². The van der Waals surface area contributed by atoms with Gasteiger partial charge < -0.3 is 9.32 Å². The van der Waals surface area contributed by atoms with Gasteiger partial charge in [-0.3, -0.25) is 0 Å². The Bertz CT molecular complexity index is 2890. The van der Waals surface area contributed by atoms with Crippen molar-refractivity contribution in [3.8, 4) is 22.3 Å². The Balaban J connectivity index is 1.15. The minimum Gasteiger partial charge on any atom is -0.454 e. The van der Waals surface area contributed by atoms with Crippen LogP contribution >= 0.6 is 0 Å². The van der Waals surface area contributed by atoms with Gasteiger partial charge in [-0.25, -0.2) is 0 Å². The quantitative estimate of drug-likeness (QED) is 0.167. The summed E-state index contributed by atoms with van der Waals surface area (Å²) in [5.41, 5.74) is 21.2. The Morgan fingerprint density at radius 1 is 0.500 bits per heavy atom. The molecule has 4 bridgehead atoms. The van der Waals surface area contributed by atoms with Crippen molar-refractivity contribution < 1.29 is 4.42 Å². The number of furan rings is 1. The number of benzene rings is 6. The predicted octanol–water partition coefficient (Wildman–Crippen LogP) is 16.5. The number of fused-ring (bicyclic) bond motifs is 9. The Kier molecular flexibility index (Phi) is 7.80. The van der Waals surface area contributed by atoms with E-state index in [1.165, 1.54) is 104 Å². The molecule has 6 aromatic carbocycles. The SMILES string of the molecule is CC(C)c1cc(C(C)C)c2oc3c(N(c4ccc5c(c4)C(C)(C)c4ccccc4-5)c4ccc5c(c4)C4(c6ccccc6-5)C5CC6CC(C5)CC4C6)cc(C(C)C)cc3c2c1. The van der Waals surface area contributed by atoms with E-state index in [1.807, 2.05) is 0 Å². The molecule has 6 aliphatic rings. The first-order valence-electron chi connectivity index (χ1n) is 23.3. The number of hydrogen-bond acceptors (Lipinski definition) is 2. The fourth-order valence-electron chi connectivity index (χ4n) is 13.8. The lowest BCUT2D eigenvalue weighted by molar-refractivity contribution is -0.0399. The van der Waals surface area contributed by atoms with Gasteiger partial charge in [0.15, 0.2) is 5.58 Å². The summed E-state index contributed by atoms with van der Waals surface area (Å²) in [5, 5.41) is 2.46. The van der Waals surface area contributed by atoms with Crippen molar-refractivity contribution in [2.24, 2.45) is 23.7 Å². The highest BCUT2D eigenvalue weighted by Crippen LogP contribution is 2.70. The zero-order valence-electron chi connectivity index (χ0n) is 36.8. The standard InChI is InChI=1S/C58H59NO/c1-32(2)37-26-47(34(5)6)55-48(27-37)49-28-38(33(3)4)29-54(56(49)60-55)59(41-17-19-45-43-13-9-11-15-50(43)57(7,8)52(45)30-41)42-18-20-46-44-14-10-12-16-51(44)58(53(46)31-42)39-22-35-21-36(24-39)25-40(58)23-35/h9-20,26-36,39-40H,21-25H2,1-8H3. The molecule has 0 radical (unpaired) electrons. The van der Waals surface area contributed by atoms with Crippen LogP contribution in [0.3, 0.4) is 0 Å². The van der Waals surface area contributed by atoms with Crippen molar-refractivity contribution in [2.45, 2.75) is 116 Å². The van der Waals surface area contributed by atoms with Crippen LogP contribution in [-0.2, 0) is 10.8 Å². The van der Waals surface area contributed by atoms with Gasteiger partial charge in [-0.2, -0.15) is 0 Å². The van der Waals surface area contributed by atoms with Crippen LogP contribution in [0.15, 0.2) is 114 Å². The number of hydrogen-bond donors (Lipinski definition) is 0. The average molecular weight is 786 g/mol. The third kappa shape index (κ3) is 4.88. The molecule has 1 aromatic heterocycles. The molecule has 6 aliphatic carbocycles. The van der Waals surface area contributed by atoms with Crippen LogP contribution in [0.2, 0.25) is 0 Å². The third-order valence-electron chi connectivity index (χ3n) is 16.5. The van der Waals surface area contributed by atoms with E-state index >= 15 is 0 Å². The molecule has 1 spiro atoms.